The minimum Gasteiger partial charge on any atom is -0.493 e. The minimum absolute atomic E-state index is 0.0338. The highest BCUT2D eigenvalue weighted by molar-refractivity contribution is 5.76. The fourth-order valence-electron chi connectivity index (χ4n) is 2.94. The summed E-state index contributed by atoms with van der Waals surface area (Å²) in [7, 11) is 1.80. The number of imidazole rings is 1. The van der Waals surface area contributed by atoms with Crippen LogP contribution in [0, 0.1) is 6.92 Å². The molecule has 0 atom stereocenters. The second-order valence-electron chi connectivity index (χ2n) is 6.51. The average Bonchev–Trinajstić information content (AvgIpc) is 2.97. The molecule has 136 valence electrons. The van der Waals surface area contributed by atoms with Crippen molar-refractivity contribution < 1.29 is 9.53 Å². The topological polar surface area (TPSA) is 47.4 Å². The van der Waals surface area contributed by atoms with E-state index in [4.69, 9.17) is 9.72 Å². The third kappa shape index (κ3) is 4.04. The van der Waals surface area contributed by atoms with Gasteiger partial charge in [0.05, 0.1) is 24.2 Å². The lowest BCUT2D eigenvalue weighted by molar-refractivity contribution is -0.128. The average molecular weight is 351 g/mol. The zero-order valence-corrected chi connectivity index (χ0v) is 15.6. The molecule has 0 N–H and O–H groups in total. The number of aromatic nitrogens is 2. The van der Waals surface area contributed by atoms with E-state index in [2.05, 4.69) is 23.6 Å². The standard InChI is InChI=1S/C21H25N3O2/c1-16-9-4-7-12-20(16)26-14-8-13-24-19-11-6-5-10-18(19)22-21(24)15-23(3)17(2)25/h4-7,9-12H,8,13-15H2,1-3H3. The van der Waals surface area contributed by atoms with Crippen LogP contribution in [-0.4, -0.2) is 34.0 Å². The number of amides is 1. The number of carbonyl (C=O) groups excluding carboxylic acids is 1. The van der Waals surface area contributed by atoms with Crippen molar-refractivity contribution in [2.75, 3.05) is 13.7 Å². The Kier molecular flexibility index (Phi) is 5.56. The largest absolute Gasteiger partial charge is 0.493 e. The molecule has 1 heterocycles. The van der Waals surface area contributed by atoms with Gasteiger partial charge in [0, 0.05) is 20.5 Å². The normalized spacial score (nSPS) is 10.9. The van der Waals surface area contributed by atoms with Crippen LogP contribution >= 0.6 is 0 Å². The summed E-state index contributed by atoms with van der Waals surface area (Å²) < 4.78 is 8.10. The highest BCUT2D eigenvalue weighted by atomic mass is 16.5. The zero-order chi connectivity index (χ0) is 18.5. The van der Waals surface area contributed by atoms with Crippen molar-refractivity contribution in [1.82, 2.24) is 14.5 Å². The van der Waals surface area contributed by atoms with Crippen molar-refractivity contribution in [2.24, 2.45) is 0 Å². The number of fused-ring (bicyclic) bond motifs is 1. The summed E-state index contributed by atoms with van der Waals surface area (Å²) in [4.78, 5) is 18.0. The quantitative estimate of drug-likeness (QED) is 0.609. The second-order valence-corrected chi connectivity index (χ2v) is 6.51. The Labute approximate surface area is 154 Å². The third-order valence-electron chi connectivity index (χ3n) is 4.53. The molecule has 26 heavy (non-hydrogen) atoms. The summed E-state index contributed by atoms with van der Waals surface area (Å²) in [5, 5.41) is 0. The summed E-state index contributed by atoms with van der Waals surface area (Å²) in [6.45, 7) is 5.56. The number of para-hydroxylation sites is 3. The Balaban J connectivity index is 1.71. The number of hydrogen-bond acceptors (Lipinski definition) is 3. The van der Waals surface area contributed by atoms with Crippen molar-refractivity contribution in [2.45, 2.75) is 33.4 Å². The molecule has 0 aliphatic heterocycles. The number of ether oxygens (including phenoxy) is 1. The predicted molar refractivity (Wildman–Crippen MR) is 103 cm³/mol. The van der Waals surface area contributed by atoms with E-state index in [1.807, 2.05) is 36.4 Å². The molecule has 3 rings (SSSR count). The lowest BCUT2D eigenvalue weighted by atomic mass is 10.2. The SMILES string of the molecule is CC(=O)N(C)Cc1nc2ccccc2n1CCCOc1ccccc1C. The van der Waals surface area contributed by atoms with Gasteiger partial charge in [-0.2, -0.15) is 0 Å². The van der Waals surface area contributed by atoms with Crippen LogP contribution in [0.25, 0.3) is 11.0 Å². The lowest BCUT2D eigenvalue weighted by Gasteiger charge is -2.16. The van der Waals surface area contributed by atoms with E-state index in [9.17, 15) is 4.79 Å². The monoisotopic (exact) mass is 351 g/mol. The van der Waals surface area contributed by atoms with Crippen molar-refractivity contribution in [3.05, 3.63) is 59.9 Å². The number of nitrogens with zero attached hydrogens (tertiary/aromatic N) is 3. The Morgan fingerprint density at radius 1 is 1.15 bits per heavy atom. The predicted octanol–water partition coefficient (Wildman–Crippen LogP) is 3.79. The van der Waals surface area contributed by atoms with E-state index in [0.717, 1.165) is 41.1 Å². The van der Waals surface area contributed by atoms with Crippen LogP contribution in [0.3, 0.4) is 0 Å². The van der Waals surface area contributed by atoms with Crippen LogP contribution in [0.15, 0.2) is 48.5 Å². The maximum atomic E-state index is 11.6. The number of benzene rings is 2. The molecule has 5 heteroatoms. The van der Waals surface area contributed by atoms with Gasteiger partial charge in [-0.3, -0.25) is 4.79 Å². The highest BCUT2D eigenvalue weighted by Gasteiger charge is 2.13. The smallest absolute Gasteiger partial charge is 0.219 e. The minimum atomic E-state index is 0.0338. The summed E-state index contributed by atoms with van der Waals surface area (Å²) in [6.07, 6.45) is 0.867. The Hall–Kier alpha value is -2.82. The van der Waals surface area contributed by atoms with Crippen LogP contribution in [0.2, 0.25) is 0 Å². The first-order chi connectivity index (χ1) is 12.6. The zero-order valence-electron chi connectivity index (χ0n) is 15.6. The fourth-order valence-corrected chi connectivity index (χ4v) is 2.94. The first-order valence-electron chi connectivity index (χ1n) is 8.90. The molecule has 0 unspecified atom stereocenters. The Morgan fingerprint density at radius 3 is 2.65 bits per heavy atom. The van der Waals surface area contributed by atoms with E-state index in [1.54, 1.807) is 18.9 Å². The first-order valence-corrected chi connectivity index (χ1v) is 8.90. The first kappa shape index (κ1) is 18.0. The summed E-state index contributed by atoms with van der Waals surface area (Å²) in [5.41, 5.74) is 3.19. The molecular formula is C21H25N3O2. The van der Waals surface area contributed by atoms with Crippen molar-refractivity contribution in [3.63, 3.8) is 0 Å². The molecule has 0 aliphatic carbocycles. The summed E-state index contributed by atoms with van der Waals surface area (Å²) >= 11 is 0. The Morgan fingerprint density at radius 2 is 1.88 bits per heavy atom. The van der Waals surface area contributed by atoms with Crippen LogP contribution in [-0.2, 0) is 17.9 Å². The van der Waals surface area contributed by atoms with Gasteiger partial charge in [0.1, 0.15) is 11.6 Å². The molecule has 0 saturated carbocycles. The van der Waals surface area contributed by atoms with Crippen LogP contribution < -0.4 is 4.74 Å². The van der Waals surface area contributed by atoms with E-state index in [0.29, 0.717) is 13.2 Å². The molecular weight excluding hydrogens is 326 g/mol. The lowest BCUT2D eigenvalue weighted by Crippen LogP contribution is -2.25. The van der Waals surface area contributed by atoms with Gasteiger partial charge in [0.15, 0.2) is 0 Å². The van der Waals surface area contributed by atoms with Gasteiger partial charge in [0.2, 0.25) is 5.91 Å². The van der Waals surface area contributed by atoms with Crippen molar-refractivity contribution in [1.29, 1.82) is 0 Å². The molecule has 3 aromatic rings. The summed E-state index contributed by atoms with van der Waals surface area (Å²) in [5.74, 6) is 1.87. The van der Waals surface area contributed by atoms with Gasteiger partial charge in [-0.25, -0.2) is 4.98 Å². The fraction of sp³-hybridized carbons (Fsp3) is 0.333. The molecule has 0 radical (unpaired) electrons. The maximum absolute atomic E-state index is 11.6. The van der Waals surface area contributed by atoms with Crippen molar-refractivity contribution in [3.8, 4) is 5.75 Å². The van der Waals surface area contributed by atoms with Gasteiger partial charge in [0.25, 0.3) is 0 Å². The highest BCUT2D eigenvalue weighted by Crippen LogP contribution is 2.19. The van der Waals surface area contributed by atoms with E-state index in [1.165, 1.54) is 0 Å². The number of aryl methyl sites for hydroxylation is 2. The van der Waals surface area contributed by atoms with Gasteiger partial charge in [-0.05, 0) is 37.1 Å². The van der Waals surface area contributed by atoms with Crippen LogP contribution in [0.5, 0.6) is 5.75 Å². The molecule has 0 saturated heterocycles. The molecule has 1 amide bonds. The Bertz CT molecular complexity index is 901. The van der Waals surface area contributed by atoms with E-state index >= 15 is 0 Å². The summed E-state index contributed by atoms with van der Waals surface area (Å²) in [6, 6.07) is 16.1. The van der Waals surface area contributed by atoms with Crippen molar-refractivity contribution >= 4 is 16.9 Å². The van der Waals surface area contributed by atoms with Crippen LogP contribution in [0.1, 0.15) is 24.7 Å². The molecule has 0 bridgehead atoms. The van der Waals surface area contributed by atoms with Gasteiger partial charge >= 0.3 is 0 Å². The molecule has 2 aromatic carbocycles. The number of rotatable bonds is 7. The maximum Gasteiger partial charge on any atom is 0.219 e. The van der Waals surface area contributed by atoms with Gasteiger partial charge in [-0.15, -0.1) is 0 Å². The second kappa shape index (κ2) is 8.04. The van der Waals surface area contributed by atoms with E-state index in [-0.39, 0.29) is 5.91 Å². The van der Waals surface area contributed by atoms with E-state index < -0.39 is 0 Å². The van der Waals surface area contributed by atoms with Crippen LogP contribution in [0.4, 0.5) is 0 Å². The molecule has 0 spiro atoms. The van der Waals surface area contributed by atoms with Gasteiger partial charge in [-0.1, -0.05) is 30.3 Å². The number of carbonyl (C=O) groups is 1. The van der Waals surface area contributed by atoms with Gasteiger partial charge < -0.3 is 14.2 Å². The molecule has 1 aromatic heterocycles. The molecule has 0 fully saturated rings. The number of hydrogen-bond donors (Lipinski definition) is 0. The third-order valence-corrected chi connectivity index (χ3v) is 4.53. The molecule has 0 aliphatic rings. The molecule has 5 nitrogen and oxygen atoms in total.